The van der Waals surface area contributed by atoms with Gasteiger partial charge in [-0.05, 0) is 92.9 Å². The van der Waals surface area contributed by atoms with Crippen LogP contribution < -0.4 is 14.2 Å². The molecule has 0 saturated heterocycles. The van der Waals surface area contributed by atoms with E-state index in [1.165, 1.54) is 16.7 Å². The number of rotatable bonds is 9. The number of hydrogen-bond acceptors (Lipinski definition) is 5. The molecule has 1 atom stereocenters. The average molecular weight is 530 g/mol. The van der Waals surface area contributed by atoms with E-state index in [0.717, 1.165) is 62.3 Å². The number of aryl methyl sites for hydroxylation is 2. The Morgan fingerprint density at radius 1 is 1.09 bits per heavy atom. The predicted molar refractivity (Wildman–Crippen MR) is 138 cm³/mol. The van der Waals surface area contributed by atoms with Crippen molar-refractivity contribution in [2.45, 2.75) is 56.9 Å². The molecule has 1 aliphatic carbocycles. The number of methoxy groups -OCH3 is 2. The molecule has 4 rings (SSSR count). The summed E-state index contributed by atoms with van der Waals surface area (Å²) in [7, 11) is -0.137. The van der Waals surface area contributed by atoms with Crippen molar-refractivity contribution in [3.63, 3.8) is 0 Å². The van der Waals surface area contributed by atoms with Crippen molar-refractivity contribution in [1.29, 1.82) is 0 Å². The Hall–Kier alpha value is -1.51. The Morgan fingerprint density at radius 3 is 2.56 bits per heavy atom. The zero-order valence-corrected chi connectivity index (χ0v) is 22.6. The van der Waals surface area contributed by atoms with Crippen LogP contribution in [0.25, 0.3) is 0 Å². The van der Waals surface area contributed by atoms with E-state index in [-0.39, 0.29) is 12.4 Å². The summed E-state index contributed by atoms with van der Waals surface area (Å²) in [6, 6.07) is 5.91. The zero-order valence-electron chi connectivity index (χ0n) is 20.2. The van der Waals surface area contributed by atoms with Crippen LogP contribution in [0.15, 0.2) is 23.1 Å². The molecule has 1 aliphatic heterocycles. The molecular formula is C25H34Cl2N2O4S. The quantitative estimate of drug-likeness (QED) is 0.463. The fraction of sp³-hybridized carbons (Fsp3) is 0.520. The maximum absolute atomic E-state index is 12.7. The lowest BCUT2D eigenvalue weighted by molar-refractivity contribution is 0.182. The van der Waals surface area contributed by atoms with Crippen molar-refractivity contribution in [3.05, 3.63) is 51.0 Å². The predicted octanol–water partition coefficient (Wildman–Crippen LogP) is 5.00. The summed E-state index contributed by atoms with van der Waals surface area (Å²) in [5, 5.41) is 0.584. The number of sulfonamides is 1. The third kappa shape index (κ3) is 5.19. The molecule has 2 aromatic carbocycles. The summed E-state index contributed by atoms with van der Waals surface area (Å²) in [6.07, 6.45) is 4.83. The molecule has 2 aliphatic rings. The molecule has 6 nitrogen and oxygen atoms in total. The van der Waals surface area contributed by atoms with Crippen LogP contribution in [0.3, 0.4) is 0 Å². The number of benzene rings is 2. The minimum atomic E-state index is -3.54. The van der Waals surface area contributed by atoms with Crippen molar-refractivity contribution in [2.75, 3.05) is 33.9 Å². The Bertz CT molecular complexity index is 1150. The topological polar surface area (TPSA) is 67.9 Å². The van der Waals surface area contributed by atoms with Gasteiger partial charge < -0.3 is 9.47 Å². The van der Waals surface area contributed by atoms with Crippen molar-refractivity contribution in [2.24, 2.45) is 0 Å². The van der Waals surface area contributed by atoms with E-state index in [4.69, 9.17) is 21.1 Å². The smallest absolute Gasteiger partial charge is 0.240 e. The highest BCUT2D eigenvalue weighted by atomic mass is 35.5. The number of hydrogen-bond donors (Lipinski definition) is 1. The van der Waals surface area contributed by atoms with Gasteiger partial charge in [0.25, 0.3) is 0 Å². The summed E-state index contributed by atoms with van der Waals surface area (Å²) in [4.78, 5) is 2.85. The molecule has 188 valence electrons. The van der Waals surface area contributed by atoms with E-state index in [9.17, 15) is 8.42 Å². The molecule has 1 N–H and O–H groups in total. The highest BCUT2D eigenvalue weighted by Crippen LogP contribution is 2.48. The van der Waals surface area contributed by atoms with Crippen LogP contribution in [0, 0.1) is 13.8 Å². The maximum atomic E-state index is 12.7. The highest BCUT2D eigenvalue weighted by Gasteiger charge is 2.36. The number of ether oxygens (including phenoxy) is 2. The molecule has 0 aromatic heterocycles. The molecule has 1 heterocycles. The lowest BCUT2D eigenvalue weighted by Gasteiger charge is -2.35. The standard InChI is InChI=1S/C25H33ClN2O4S.ClH/c1-16-14-23(17(2)13-20(16)26)33(29,30)27-10-5-6-11-28-12-9-18-15-22(31-3)25(32-4)19-7-8-21(28)24(18)19;/h13-15,21,27H,5-12H2,1-4H3;1H. The van der Waals surface area contributed by atoms with Gasteiger partial charge in [0, 0.05) is 29.7 Å². The minimum absolute atomic E-state index is 0. The monoisotopic (exact) mass is 528 g/mol. The van der Waals surface area contributed by atoms with Crippen molar-refractivity contribution >= 4 is 34.0 Å². The van der Waals surface area contributed by atoms with E-state index in [2.05, 4.69) is 15.7 Å². The second kappa shape index (κ2) is 11.0. The van der Waals surface area contributed by atoms with E-state index < -0.39 is 10.0 Å². The molecule has 0 spiro atoms. The molecule has 9 heteroatoms. The van der Waals surface area contributed by atoms with Crippen molar-refractivity contribution in [3.8, 4) is 11.5 Å². The number of unbranched alkanes of at least 4 members (excludes halogenated alkanes) is 1. The molecule has 1 unspecified atom stereocenters. The van der Waals surface area contributed by atoms with Crippen LogP contribution in [0.1, 0.15) is 53.1 Å². The Morgan fingerprint density at radius 2 is 1.85 bits per heavy atom. The van der Waals surface area contributed by atoms with Gasteiger partial charge in [-0.15, -0.1) is 12.4 Å². The van der Waals surface area contributed by atoms with Gasteiger partial charge in [0.1, 0.15) is 0 Å². The van der Waals surface area contributed by atoms with E-state index in [0.29, 0.717) is 28.1 Å². The van der Waals surface area contributed by atoms with E-state index in [1.54, 1.807) is 33.3 Å². The SMILES string of the molecule is COc1cc2c3c(c1OC)CCC3N(CCCCNS(=O)(=O)c1cc(C)c(Cl)cc1C)CC2.Cl. The van der Waals surface area contributed by atoms with Crippen LogP contribution in [0.4, 0.5) is 0 Å². The zero-order chi connectivity index (χ0) is 23.8. The van der Waals surface area contributed by atoms with Crippen molar-refractivity contribution in [1.82, 2.24) is 9.62 Å². The lowest BCUT2D eigenvalue weighted by Crippen LogP contribution is -2.35. The van der Waals surface area contributed by atoms with Gasteiger partial charge in [-0.25, -0.2) is 13.1 Å². The van der Waals surface area contributed by atoms with Gasteiger partial charge in [-0.1, -0.05) is 11.6 Å². The van der Waals surface area contributed by atoms with Crippen LogP contribution in [0.5, 0.6) is 11.5 Å². The van der Waals surface area contributed by atoms with Crippen LogP contribution in [-0.2, 0) is 22.9 Å². The third-order valence-corrected chi connectivity index (χ3v) is 8.93. The second-order valence-electron chi connectivity index (χ2n) is 8.98. The average Bonchev–Trinajstić information content (AvgIpc) is 3.23. The minimum Gasteiger partial charge on any atom is -0.493 e. The van der Waals surface area contributed by atoms with Gasteiger partial charge in [0.15, 0.2) is 11.5 Å². The normalized spacial score (nSPS) is 17.3. The van der Waals surface area contributed by atoms with Crippen molar-refractivity contribution < 1.29 is 17.9 Å². The summed E-state index contributed by atoms with van der Waals surface area (Å²) >= 11 is 6.11. The van der Waals surface area contributed by atoms with Gasteiger partial charge in [0.05, 0.1) is 19.1 Å². The summed E-state index contributed by atoms with van der Waals surface area (Å²) in [6.45, 7) is 5.99. The molecular weight excluding hydrogens is 495 g/mol. The van der Waals surface area contributed by atoms with E-state index in [1.807, 2.05) is 6.92 Å². The van der Waals surface area contributed by atoms with Gasteiger partial charge in [-0.3, -0.25) is 4.90 Å². The highest BCUT2D eigenvalue weighted by molar-refractivity contribution is 7.89. The summed E-state index contributed by atoms with van der Waals surface area (Å²) in [5.41, 5.74) is 5.52. The van der Waals surface area contributed by atoms with Gasteiger partial charge in [-0.2, -0.15) is 0 Å². The van der Waals surface area contributed by atoms with Gasteiger partial charge >= 0.3 is 0 Å². The molecule has 0 radical (unpaired) electrons. The van der Waals surface area contributed by atoms with E-state index >= 15 is 0 Å². The molecule has 0 bridgehead atoms. The third-order valence-electron chi connectivity index (χ3n) is 6.92. The van der Waals surface area contributed by atoms with Crippen LogP contribution in [-0.4, -0.2) is 47.2 Å². The first-order valence-corrected chi connectivity index (χ1v) is 13.4. The Balaban J connectivity index is 0.00000324. The number of nitrogens with one attached hydrogen (secondary N) is 1. The number of halogens is 2. The Labute approximate surface area is 214 Å². The molecule has 34 heavy (non-hydrogen) atoms. The molecule has 0 amide bonds. The maximum Gasteiger partial charge on any atom is 0.240 e. The first-order chi connectivity index (χ1) is 15.8. The fourth-order valence-electron chi connectivity index (χ4n) is 5.26. The molecule has 0 fully saturated rings. The van der Waals surface area contributed by atoms with Gasteiger partial charge in [0.2, 0.25) is 10.0 Å². The lowest BCUT2D eigenvalue weighted by atomic mass is 9.92. The molecule has 2 aromatic rings. The summed E-state index contributed by atoms with van der Waals surface area (Å²) < 4.78 is 39.5. The largest absolute Gasteiger partial charge is 0.493 e. The second-order valence-corrected chi connectivity index (χ2v) is 11.1. The first kappa shape index (κ1) is 27.1. The Kier molecular flexibility index (Phi) is 8.80. The fourth-order valence-corrected chi connectivity index (χ4v) is 6.86. The number of nitrogens with zero attached hydrogens (tertiary/aromatic N) is 1. The molecule has 0 saturated carbocycles. The first-order valence-electron chi connectivity index (χ1n) is 11.5. The van der Waals surface area contributed by atoms with Crippen LogP contribution in [0.2, 0.25) is 5.02 Å². The van der Waals surface area contributed by atoms with Crippen LogP contribution >= 0.6 is 24.0 Å². The summed E-state index contributed by atoms with van der Waals surface area (Å²) in [5.74, 6) is 1.71.